The molecule has 0 heterocycles. The van der Waals surface area contributed by atoms with Crippen molar-refractivity contribution in [1.82, 2.24) is 0 Å². The molecule has 0 spiro atoms. The van der Waals surface area contributed by atoms with Gasteiger partial charge in [0.1, 0.15) is 0 Å². The molecule has 6 nitrogen and oxygen atoms in total. The average Bonchev–Trinajstić information content (AvgIpc) is 2.74. The molecule has 1 amide bonds. The standard InChI is InChI=1S/C23H21NO5S2/c1-16-8-10-21(11-9-16)31(28,29)13-12-30-20-7-3-4-17(15-20)22(25)24-19-6-2-5-18(14-19)23(26)27/h2-11,14-15H,12-13H2,1H3,(H,24,25)(H,26,27). The summed E-state index contributed by atoms with van der Waals surface area (Å²) in [5.74, 6) is -1.12. The van der Waals surface area contributed by atoms with Crippen molar-refractivity contribution >= 4 is 39.2 Å². The lowest BCUT2D eigenvalue weighted by Gasteiger charge is -2.08. The van der Waals surface area contributed by atoms with Crippen molar-refractivity contribution in [3.05, 3.63) is 89.5 Å². The fraction of sp³-hybridized carbons (Fsp3) is 0.130. The van der Waals surface area contributed by atoms with E-state index in [2.05, 4.69) is 5.32 Å². The number of rotatable bonds is 8. The Balaban J connectivity index is 1.62. The Kier molecular flexibility index (Phi) is 7.14. The van der Waals surface area contributed by atoms with Crippen LogP contribution in [0.25, 0.3) is 0 Å². The van der Waals surface area contributed by atoms with E-state index in [9.17, 15) is 18.0 Å². The third-order valence-corrected chi connectivity index (χ3v) is 7.45. The van der Waals surface area contributed by atoms with Crippen LogP contribution in [0.4, 0.5) is 5.69 Å². The number of amides is 1. The number of aromatic carboxylic acids is 1. The van der Waals surface area contributed by atoms with Gasteiger partial charge in [-0.25, -0.2) is 13.2 Å². The molecule has 0 bridgehead atoms. The van der Waals surface area contributed by atoms with E-state index in [4.69, 9.17) is 5.11 Å². The fourth-order valence-electron chi connectivity index (χ4n) is 2.79. The Labute approximate surface area is 185 Å². The van der Waals surface area contributed by atoms with Crippen LogP contribution in [0.3, 0.4) is 0 Å². The SMILES string of the molecule is Cc1ccc(S(=O)(=O)CCSc2cccc(C(=O)Nc3cccc(C(=O)O)c3)c2)cc1. The van der Waals surface area contributed by atoms with E-state index in [0.29, 0.717) is 21.9 Å². The van der Waals surface area contributed by atoms with Crippen LogP contribution in [0.1, 0.15) is 26.3 Å². The molecule has 0 saturated carbocycles. The molecule has 0 atom stereocenters. The Morgan fingerprint density at radius 1 is 0.935 bits per heavy atom. The summed E-state index contributed by atoms with van der Waals surface area (Å²) in [7, 11) is -3.37. The highest BCUT2D eigenvalue weighted by molar-refractivity contribution is 8.00. The number of hydrogen-bond donors (Lipinski definition) is 2. The number of hydrogen-bond acceptors (Lipinski definition) is 5. The molecule has 3 aromatic carbocycles. The number of aryl methyl sites for hydroxylation is 1. The lowest BCUT2D eigenvalue weighted by Crippen LogP contribution is -2.12. The van der Waals surface area contributed by atoms with Crippen LogP contribution in [-0.4, -0.2) is 36.9 Å². The van der Waals surface area contributed by atoms with Gasteiger partial charge in [0.2, 0.25) is 0 Å². The number of thioether (sulfide) groups is 1. The minimum atomic E-state index is -3.37. The van der Waals surface area contributed by atoms with Gasteiger partial charge in [-0.05, 0) is 55.5 Å². The number of carboxylic acids is 1. The van der Waals surface area contributed by atoms with Gasteiger partial charge in [-0.3, -0.25) is 4.79 Å². The molecule has 2 N–H and O–H groups in total. The highest BCUT2D eigenvalue weighted by Crippen LogP contribution is 2.22. The Morgan fingerprint density at radius 3 is 2.32 bits per heavy atom. The summed E-state index contributed by atoms with van der Waals surface area (Å²) < 4.78 is 24.9. The second-order valence-electron chi connectivity index (χ2n) is 6.85. The first kappa shape index (κ1) is 22.6. The third kappa shape index (κ3) is 6.19. The van der Waals surface area contributed by atoms with Crippen LogP contribution in [0, 0.1) is 6.92 Å². The van der Waals surface area contributed by atoms with Crippen LogP contribution < -0.4 is 5.32 Å². The van der Waals surface area contributed by atoms with Crippen molar-refractivity contribution in [2.75, 3.05) is 16.8 Å². The zero-order chi connectivity index (χ0) is 22.4. The minimum Gasteiger partial charge on any atom is -0.478 e. The van der Waals surface area contributed by atoms with Crippen molar-refractivity contribution in [2.24, 2.45) is 0 Å². The smallest absolute Gasteiger partial charge is 0.335 e. The number of anilines is 1. The van der Waals surface area contributed by atoms with Crippen LogP contribution in [-0.2, 0) is 9.84 Å². The summed E-state index contributed by atoms with van der Waals surface area (Å²) in [4.78, 5) is 24.7. The first-order chi connectivity index (χ1) is 14.7. The predicted octanol–water partition coefficient (Wildman–Crippen LogP) is 4.51. The Hall–Kier alpha value is -3.10. The van der Waals surface area contributed by atoms with Crippen molar-refractivity contribution in [3.63, 3.8) is 0 Å². The lowest BCUT2D eigenvalue weighted by atomic mass is 10.2. The van der Waals surface area contributed by atoms with Gasteiger partial charge >= 0.3 is 5.97 Å². The Morgan fingerprint density at radius 2 is 1.61 bits per heavy atom. The van der Waals surface area contributed by atoms with E-state index < -0.39 is 15.8 Å². The maximum atomic E-state index is 12.5. The molecule has 0 aliphatic carbocycles. The molecule has 0 aliphatic heterocycles. The first-order valence-electron chi connectivity index (χ1n) is 9.41. The topological polar surface area (TPSA) is 101 Å². The maximum Gasteiger partial charge on any atom is 0.335 e. The quantitative estimate of drug-likeness (QED) is 0.485. The molecule has 0 aromatic heterocycles. The summed E-state index contributed by atoms with van der Waals surface area (Å²) in [6, 6.07) is 19.6. The summed E-state index contributed by atoms with van der Waals surface area (Å²) in [5.41, 5.74) is 1.86. The molecule has 8 heteroatoms. The van der Waals surface area contributed by atoms with E-state index in [-0.39, 0.29) is 17.2 Å². The normalized spacial score (nSPS) is 11.1. The molecule has 0 radical (unpaired) electrons. The van der Waals surface area contributed by atoms with E-state index in [1.54, 1.807) is 54.6 Å². The van der Waals surface area contributed by atoms with E-state index in [0.717, 1.165) is 10.5 Å². The number of carbonyl (C=O) groups is 2. The van der Waals surface area contributed by atoms with Crippen LogP contribution in [0.15, 0.2) is 82.6 Å². The monoisotopic (exact) mass is 455 g/mol. The molecule has 3 rings (SSSR count). The molecule has 0 saturated heterocycles. The first-order valence-corrected chi connectivity index (χ1v) is 12.1. The number of nitrogens with one attached hydrogen (secondary N) is 1. The average molecular weight is 456 g/mol. The number of carbonyl (C=O) groups excluding carboxylic acids is 1. The summed E-state index contributed by atoms with van der Waals surface area (Å²) in [6.45, 7) is 1.90. The minimum absolute atomic E-state index is 0.0147. The molecule has 31 heavy (non-hydrogen) atoms. The van der Waals surface area contributed by atoms with Gasteiger partial charge in [-0.15, -0.1) is 11.8 Å². The van der Waals surface area contributed by atoms with Gasteiger partial charge in [0.05, 0.1) is 16.2 Å². The number of benzene rings is 3. The zero-order valence-electron chi connectivity index (χ0n) is 16.7. The van der Waals surface area contributed by atoms with E-state index in [1.165, 1.54) is 23.9 Å². The summed E-state index contributed by atoms with van der Waals surface area (Å²) >= 11 is 1.35. The van der Waals surface area contributed by atoms with Crippen molar-refractivity contribution in [3.8, 4) is 0 Å². The van der Waals surface area contributed by atoms with E-state index in [1.807, 2.05) is 13.0 Å². The zero-order valence-corrected chi connectivity index (χ0v) is 18.4. The highest BCUT2D eigenvalue weighted by Gasteiger charge is 2.14. The molecule has 0 aliphatic rings. The van der Waals surface area contributed by atoms with Crippen molar-refractivity contribution < 1.29 is 23.1 Å². The second kappa shape index (κ2) is 9.80. The summed E-state index contributed by atoms with van der Waals surface area (Å²) in [5, 5.41) is 11.7. The van der Waals surface area contributed by atoms with Gasteiger partial charge in [-0.2, -0.15) is 0 Å². The predicted molar refractivity (Wildman–Crippen MR) is 122 cm³/mol. The van der Waals surface area contributed by atoms with Gasteiger partial charge in [0, 0.05) is 21.9 Å². The lowest BCUT2D eigenvalue weighted by molar-refractivity contribution is 0.0696. The van der Waals surface area contributed by atoms with Crippen LogP contribution in [0.5, 0.6) is 0 Å². The van der Waals surface area contributed by atoms with Crippen molar-refractivity contribution in [1.29, 1.82) is 0 Å². The van der Waals surface area contributed by atoms with Gasteiger partial charge in [0.15, 0.2) is 9.84 Å². The molecule has 160 valence electrons. The molecule has 0 unspecified atom stereocenters. The highest BCUT2D eigenvalue weighted by atomic mass is 32.2. The van der Waals surface area contributed by atoms with Crippen LogP contribution >= 0.6 is 11.8 Å². The number of sulfone groups is 1. The van der Waals surface area contributed by atoms with Gasteiger partial charge < -0.3 is 10.4 Å². The van der Waals surface area contributed by atoms with Crippen molar-refractivity contribution in [2.45, 2.75) is 16.7 Å². The van der Waals surface area contributed by atoms with E-state index >= 15 is 0 Å². The van der Waals surface area contributed by atoms with Gasteiger partial charge in [-0.1, -0.05) is 29.8 Å². The fourth-order valence-corrected chi connectivity index (χ4v) is 5.41. The number of carboxylic acid groups (broad SMARTS) is 1. The second-order valence-corrected chi connectivity index (χ2v) is 10.1. The maximum absolute atomic E-state index is 12.5. The molecular weight excluding hydrogens is 434 g/mol. The largest absolute Gasteiger partial charge is 0.478 e. The van der Waals surface area contributed by atoms with Gasteiger partial charge in [0.25, 0.3) is 5.91 Å². The molecule has 0 fully saturated rings. The Bertz CT molecular complexity index is 1200. The summed E-state index contributed by atoms with van der Waals surface area (Å²) in [6.07, 6.45) is 0. The third-order valence-electron chi connectivity index (χ3n) is 4.46. The van der Waals surface area contributed by atoms with Crippen LogP contribution in [0.2, 0.25) is 0 Å². The molecular formula is C23H21NO5S2. The molecule has 3 aromatic rings.